The number of hydrogen-bond donors (Lipinski definition) is 3. The summed E-state index contributed by atoms with van der Waals surface area (Å²) < 4.78 is 5.18. The van der Waals surface area contributed by atoms with Crippen molar-refractivity contribution in [1.82, 2.24) is 15.6 Å². The van der Waals surface area contributed by atoms with Gasteiger partial charge in [0.25, 0.3) is 0 Å². The number of aliphatic carboxylic acids is 1. The molecule has 3 N–H and O–H groups in total. The second kappa shape index (κ2) is 7.67. The summed E-state index contributed by atoms with van der Waals surface area (Å²) in [6, 6.07) is -1.44. The van der Waals surface area contributed by atoms with Crippen LogP contribution in [0.2, 0.25) is 0 Å². The first kappa shape index (κ1) is 15.4. The molecule has 19 heavy (non-hydrogen) atoms. The van der Waals surface area contributed by atoms with Gasteiger partial charge in [-0.3, -0.25) is 0 Å². The van der Waals surface area contributed by atoms with Crippen LogP contribution in [-0.2, 0) is 11.3 Å². The number of amides is 2. The van der Waals surface area contributed by atoms with E-state index in [4.69, 9.17) is 9.52 Å². The third kappa shape index (κ3) is 5.64. The molecule has 1 aromatic rings. The first-order valence-electron chi connectivity index (χ1n) is 5.70. The Kier molecular flexibility index (Phi) is 6.20. The Morgan fingerprint density at radius 3 is 2.84 bits per heavy atom. The Balaban J connectivity index is 2.37. The minimum Gasteiger partial charge on any atom is -0.480 e. The van der Waals surface area contributed by atoms with Crippen LogP contribution in [0.3, 0.4) is 0 Å². The highest BCUT2D eigenvalue weighted by Gasteiger charge is 2.19. The number of thioether (sulfide) groups is 1. The lowest BCUT2D eigenvalue weighted by molar-refractivity contribution is -0.139. The standard InChI is InChI=1S/C11H17N3O4S/c1-7-5-12-9(18-7)6-13-11(17)14-8(10(15)16)3-4-19-2/h5,8H,3-4,6H2,1-2H3,(H,15,16)(H2,13,14,17)/t8-/m1/s1. The summed E-state index contributed by atoms with van der Waals surface area (Å²) in [6.07, 6.45) is 3.80. The summed E-state index contributed by atoms with van der Waals surface area (Å²) in [5.41, 5.74) is 0. The van der Waals surface area contributed by atoms with E-state index in [9.17, 15) is 9.59 Å². The van der Waals surface area contributed by atoms with Gasteiger partial charge in [-0.2, -0.15) is 11.8 Å². The zero-order valence-electron chi connectivity index (χ0n) is 10.8. The molecule has 1 rings (SSSR count). The van der Waals surface area contributed by atoms with Crippen molar-refractivity contribution in [3.05, 3.63) is 17.8 Å². The molecule has 0 fully saturated rings. The number of aryl methyl sites for hydroxylation is 1. The number of hydrogen-bond acceptors (Lipinski definition) is 5. The zero-order valence-corrected chi connectivity index (χ0v) is 11.6. The van der Waals surface area contributed by atoms with Crippen LogP contribution in [0, 0.1) is 6.92 Å². The maximum absolute atomic E-state index is 11.5. The summed E-state index contributed by atoms with van der Waals surface area (Å²) >= 11 is 1.53. The second-order valence-corrected chi connectivity index (χ2v) is 4.85. The lowest BCUT2D eigenvalue weighted by Gasteiger charge is -2.14. The van der Waals surface area contributed by atoms with E-state index in [-0.39, 0.29) is 6.54 Å². The van der Waals surface area contributed by atoms with E-state index in [2.05, 4.69) is 15.6 Å². The second-order valence-electron chi connectivity index (χ2n) is 3.86. The molecule has 0 aliphatic heterocycles. The number of carbonyl (C=O) groups is 2. The quantitative estimate of drug-likeness (QED) is 0.690. The molecule has 0 bridgehead atoms. The highest BCUT2D eigenvalue weighted by molar-refractivity contribution is 7.98. The molecule has 7 nitrogen and oxygen atoms in total. The van der Waals surface area contributed by atoms with Gasteiger partial charge in [-0.25, -0.2) is 14.6 Å². The molecular formula is C11H17N3O4S. The summed E-state index contributed by atoms with van der Waals surface area (Å²) in [4.78, 5) is 26.4. The number of carboxylic acid groups (broad SMARTS) is 1. The molecule has 0 spiro atoms. The number of carbonyl (C=O) groups excluding carboxylic acids is 1. The Labute approximate surface area is 115 Å². The predicted octanol–water partition coefficient (Wildman–Crippen LogP) is 0.989. The topological polar surface area (TPSA) is 104 Å². The normalized spacial score (nSPS) is 11.9. The number of oxazole rings is 1. The summed E-state index contributed by atoms with van der Waals surface area (Å²) in [5, 5.41) is 13.8. The molecule has 0 aliphatic carbocycles. The fraction of sp³-hybridized carbons (Fsp3) is 0.545. The van der Waals surface area contributed by atoms with Gasteiger partial charge in [-0.15, -0.1) is 0 Å². The minimum absolute atomic E-state index is 0.120. The SMILES string of the molecule is CSCC[C@@H](NC(=O)NCc1ncc(C)o1)C(=O)O. The van der Waals surface area contributed by atoms with E-state index in [1.54, 1.807) is 13.1 Å². The first-order chi connectivity index (χ1) is 9.02. The number of urea groups is 1. The molecule has 8 heteroatoms. The molecule has 2 amide bonds. The van der Waals surface area contributed by atoms with E-state index in [1.165, 1.54) is 11.8 Å². The van der Waals surface area contributed by atoms with Crippen LogP contribution < -0.4 is 10.6 Å². The van der Waals surface area contributed by atoms with E-state index in [0.717, 1.165) is 0 Å². The smallest absolute Gasteiger partial charge is 0.326 e. The van der Waals surface area contributed by atoms with Gasteiger partial charge in [0.1, 0.15) is 11.8 Å². The molecule has 1 atom stereocenters. The molecule has 0 saturated carbocycles. The molecule has 0 unspecified atom stereocenters. The Hall–Kier alpha value is -1.70. The van der Waals surface area contributed by atoms with Crippen LogP contribution in [0.5, 0.6) is 0 Å². The van der Waals surface area contributed by atoms with E-state index in [0.29, 0.717) is 23.8 Å². The van der Waals surface area contributed by atoms with Crippen LogP contribution in [0.4, 0.5) is 4.79 Å². The lowest BCUT2D eigenvalue weighted by atomic mass is 10.2. The number of aromatic nitrogens is 1. The minimum atomic E-state index is -1.05. The monoisotopic (exact) mass is 287 g/mol. The summed E-state index contributed by atoms with van der Waals surface area (Å²) in [6.45, 7) is 1.87. The van der Waals surface area contributed by atoms with Crippen molar-refractivity contribution < 1.29 is 19.1 Å². The lowest BCUT2D eigenvalue weighted by Crippen LogP contribution is -2.46. The molecule has 106 valence electrons. The van der Waals surface area contributed by atoms with Gasteiger partial charge in [-0.05, 0) is 25.4 Å². The van der Waals surface area contributed by atoms with Crippen LogP contribution in [0.15, 0.2) is 10.6 Å². The van der Waals surface area contributed by atoms with E-state index >= 15 is 0 Å². The third-order valence-corrected chi connectivity index (χ3v) is 2.93. The van der Waals surface area contributed by atoms with Gasteiger partial charge in [0.15, 0.2) is 0 Å². The molecular weight excluding hydrogens is 270 g/mol. The Morgan fingerprint density at radius 2 is 2.32 bits per heavy atom. The van der Waals surface area contributed by atoms with Crippen molar-refractivity contribution in [2.75, 3.05) is 12.0 Å². The largest absolute Gasteiger partial charge is 0.480 e. The Morgan fingerprint density at radius 1 is 1.58 bits per heavy atom. The van der Waals surface area contributed by atoms with Crippen molar-refractivity contribution in [2.45, 2.75) is 25.9 Å². The number of carboxylic acids is 1. The first-order valence-corrected chi connectivity index (χ1v) is 7.09. The predicted molar refractivity (Wildman–Crippen MR) is 71.0 cm³/mol. The van der Waals surface area contributed by atoms with Gasteiger partial charge in [0, 0.05) is 0 Å². The molecule has 0 radical (unpaired) electrons. The van der Waals surface area contributed by atoms with Crippen molar-refractivity contribution in [2.24, 2.45) is 0 Å². The summed E-state index contributed by atoms with van der Waals surface area (Å²) in [7, 11) is 0. The van der Waals surface area contributed by atoms with E-state index in [1.807, 2.05) is 6.26 Å². The summed E-state index contributed by atoms with van der Waals surface area (Å²) in [5.74, 6) is 0.649. The Bertz CT molecular complexity index is 435. The molecule has 1 heterocycles. The molecule has 1 aromatic heterocycles. The molecule has 0 aliphatic rings. The van der Waals surface area contributed by atoms with Crippen LogP contribution in [0.25, 0.3) is 0 Å². The maximum Gasteiger partial charge on any atom is 0.326 e. The van der Waals surface area contributed by atoms with Crippen LogP contribution >= 0.6 is 11.8 Å². The number of rotatable bonds is 7. The fourth-order valence-electron chi connectivity index (χ4n) is 1.34. The highest BCUT2D eigenvalue weighted by atomic mass is 32.2. The maximum atomic E-state index is 11.5. The fourth-order valence-corrected chi connectivity index (χ4v) is 1.81. The zero-order chi connectivity index (χ0) is 14.3. The highest BCUT2D eigenvalue weighted by Crippen LogP contribution is 2.02. The van der Waals surface area contributed by atoms with Crippen molar-refractivity contribution in [3.63, 3.8) is 0 Å². The average molecular weight is 287 g/mol. The van der Waals surface area contributed by atoms with Gasteiger partial charge >= 0.3 is 12.0 Å². The molecule has 0 aromatic carbocycles. The number of nitrogens with one attached hydrogen (secondary N) is 2. The van der Waals surface area contributed by atoms with Crippen LogP contribution in [0.1, 0.15) is 18.1 Å². The van der Waals surface area contributed by atoms with Crippen molar-refractivity contribution in [3.8, 4) is 0 Å². The van der Waals surface area contributed by atoms with Gasteiger partial charge in [-0.1, -0.05) is 0 Å². The molecule has 0 saturated heterocycles. The van der Waals surface area contributed by atoms with Crippen molar-refractivity contribution >= 4 is 23.8 Å². The van der Waals surface area contributed by atoms with Crippen LogP contribution in [-0.4, -0.2) is 40.1 Å². The van der Waals surface area contributed by atoms with Gasteiger partial charge in [0.2, 0.25) is 5.89 Å². The average Bonchev–Trinajstić information content (AvgIpc) is 2.77. The van der Waals surface area contributed by atoms with Gasteiger partial charge in [0.05, 0.1) is 12.7 Å². The third-order valence-electron chi connectivity index (χ3n) is 2.28. The number of nitrogens with zero attached hydrogens (tertiary/aromatic N) is 1. The van der Waals surface area contributed by atoms with E-state index < -0.39 is 18.0 Å². The van der Waals surface area contributed by atoms with Crippen molar-refractivity contribution in [1.29, 1.82) is 0 Å². The van der Waals surface area contributed by atoms with Gasteiger partial charge < -0.3 is 20.2 Å².